The lowest BCUT2D eigenvalue weighted by Gasteiger charge is -2.35. The fourth-order valence-corrected chi connectivity index (χ4v) is 5.13. The molecule has 2 N–H and O–H groups in total. The molecule has 0 unspecified atom stereocenters. The molecule has 5 rings (SSSR count). The van der Waals surface area contributed by atoms with Gasteiger partial charge in [0.2, 0.25) is 5.79 Å². The SMILES string of the molecule is COC1(OC)C=Nc2ccc(CCN3CCN(c4nsc5ccccc45)CC3)cc21.Cl.O. The summed E-state index contributed by atoms with van der Waals surface area (Å²) in [5.41, 5.74) is 3.20. The van der Waals surface area contributed by atoms with E-state index in [0.29, 0.717) is 0 Å². The van der Waals surface area contributed by atoms with Crippen LogP contribution in [0.3, 0.4) is 0 Å². The fourth-order valence-electron chi connectivity index (χ4n) is 4.33. The minimum Gasteiger partial charge on any atom is -0.412 e. The van der Waals surface area contributed by atoms with E-state index in [2.05, 4.69) is 57.3 Å². The molecule has 2 aromatic carbocycles. The van der Waals surface area contributed by atoms with Crippen molar-refractivity contribution in [2.24, 2.45) is 4.99 Å². The molecule has 1 fully saturated rings. The molecule has 3 heterocycles. The van der Waals surface area contributed by atoms with Gasteiger partial charge < -0.3 is 19.8 Å². The summed E-state index contributed by atoms with van der Waals surface area (Å²) in [4.78, 5) is 9.40. The molecule has 0 atom stereocenters. The van der Waals surface area contributed by atoms with E-state index in [4.69, 9.17) is 13.8 Å². The molecule has 0 spiro atoms. The van der Waals surface area contributed by atoms with Crippen LogP contribution in [0.5, 0.6) is 0 Å². The van der Waals surface area contributed by atoms with Gasteiger partial charge in [-0.05, 0) is 47.8 Å². The van der Waals surface area contributed by atoms with E-state index in [9.17, 15) is 0 Å². The average Bonchev–Trinajstić information content (AvgIpc) is 3.40. The van der Waals surface area contributed by atoms with Crippen LogP contribution in [0.15, 0.2) is 47.5 Å². The Morgan fingerprint density at radius 1 is 1.03 bits per heavy atom. The third-order valence-electron chi connectivity index (χ3n) is 6.16. The molecule has 1 aromatic heterocycles. The molecule has 7 nitrogen and oxygen atoms in total. The molecular formula is C23H29ClN4O3S. The second kappa shape index (κ2) is 10.2. The largest absolute Gasteiger partial charge is 0.412 e. The van der Waals surface area contributed by atoms with Crippen molar-refractivity contribution in [3.8, 4) is 0 Å². The summed E-state index contributed by atoms with van der Waals surface area (Å²) < 4.78 is 17.2. The molecular weight excluding hydrogens is 448 g/mol. The van der Waals surface area contributed by atoms with Crippen LogP contribution in [0, 0.1) is 0 Å². The summed E-state index contributed by atoms with van der Waals surface area (Å²) in [5.74, 6) is 0.289. The highest BCUT2D eigenvalue weighted by Gasteiger charge is 2.37. The number of aliphatic imine (C=N–C) groups is 1. The number of hydrogen-bond donors (Lipinski definition) is 0. The Bertz CT molecular complexity index is 1080. The molecule has 2 aliphatic heterocycles. The summed E-state index contributed by atoms with van der Waals surface area (Å²) in [5, 5.41) is 1.27. The smallest absolute Gasteiger partial charge is 0.234 e. The van der Waals surface area contributed by atoms with Crippen molar-refractivity contribution in [1.82, 2.24) is 9.27 Å². The molecule has 0 radical (unpaired) electrons. The Labute approximate surface area is 198 Å². The third kappa shape index (κ3) is 4.39. The van der Waals surface area contributed by atoms with Gasteiger partial charge in [0.25, 0.3) is 0 Å². The Morgan fingerprint density at radius 3 is 2.53 bits per heavy atom. The van der Waals surface area contributed by atoms with Crippen LogP contribution in [-0.2, 0) is 21.7 Å². The van der Waals surface area contributed by atoms with E-state index >= 15 is 0 Å². The zero-order valence-corrected chi connectivity index (χ0v) is 19.9. The van der Waals surface area contributed by atoms with E-state index in [1.165, 1.54) is 15.6 Å². The van der Waals surface area contributed by atoms with Crippen molar-refractivity contribution >= 4 is 51.7 Å². The van der Waals surface area contributed by atoms with Gasteiger partial charge in [-0.2, -0.15) is 4.37 Å². The number of anilines is 1. The van der Waals surface area contributed by atoms with Gasteiger partial charge in [-0.15, -0.1) is 12.4 Å². The first kappa shape index (κ1) is 24.6. The van der Waals surface area contributed by atoms with E-state index < -0.39 is 5.79 Å². The molecule has 1 saturated heterocycles. The normalized spacial score (nSPS) is 17.1. The van der Waals surface area contributed by atoms with E-state index in [1.807, 2.05) is 0 Å². The zero-order valence-electron chi connectivity index (χ0n) is 18.3. The Morgan fingerprint density at radius 2 is 1.78 bits per heavy atom. The van der Waals surface area contributed by atoms with Crippen molar-refractivity contribution in [3.63, 3.8) is 0 Å². The first-order valence-electron chi connectivity index (χ1n) is 10.3. The van der Waals surface area contributed by atoms with Gasteiger partial charge in [0.15, 0.2) is 0 Å². The number of fused-ring (bicyclic) bond motifs is 2. The van der Waals surface area contributed by atoms with Crippen LogP contribution < -0.4 is 4.90 Å². The number of nitrogens with zero attached hydrogens (tertiary/aromatic N) is 4. The molecule has 3 aromatic rings. The van der Waals surface area contributed by atoms with Crippen molar-refractivity contribution in [2.45, 2.75) is 12.2 Å². The highest BCUT2D eigenvalue weighted by atomic mass is 35.5. The van der Waals surface area contributed by atoms with Gasteiger partial charge in [0.1, 0.15) is 5.82 Å². The van der Waals surface area contributed by atoms with Crippen LogP contribution in [0.25, 0.3) is 10.1 Å². The first-order valence-corrected chi connectivity index (χ1v) is 11.1. The molecule has 2 aliphatic rings. The summed E-state index contributed by atoms with van der Waals surface area (Å²) in [7, 11) is 3.31. The monoisotopic (exact) mass is 476 g/mol. The van der Waals surface area contributed by atoms with Crippen LogP contribution in [0.1, 0.15) is 11.1 Å². The zero-order chi connectivity index (χ0) is 20.6. The molecule has 0 bridgehead atoms. The molecule has 172 valence electrons. The number of hydrogen-bond acceptors (Lipinski definition) is 7. The van der Waals surface area contributed by atoms with Crippen LogP contribution in [0.2, 0.25) is 0 Å². The lowest BCUT2D eigenvalue weighted by molar-refractivity contribution is -0.154. The number of ether oxygens (including phenoxy) is 2. The summed E-state index contributed by atoms with van der Waals surface area (Å²) in [6.07, 6.45) is 2.74. The summed E-state index contributed by atoms with van der Waals surface area (Å²) in [6.45, 7) is 5.18. The van der Waals surface area contributed by atoms with Crippen LogP contribution in [0.4, 0.5) is 11.5 Å². The maximum Gasteiger partial charge on any atom is 0.234 e. The highest BCUT2D eigenvalue weighted by Crippen LogP contribution is 2.38. The maximum absolute atomic E-state index is 5.61. The van der Waals surface area contributed by atoms with Crippen molar-refractivity contribution in [2.75, 3.05) is 51.8 Å². The molecule has 9 heteroatoms. The van der Waals surface area contributed by atoms with Crippen molar-refractivity contribution in [3.05, 3.63) is 53.6 Å². The third-order valence-corrected chi connectivity index (χ3v) is 6.98. The Balaban J connectivity index is 0.00000144. The molecule has 0 saturated carbocycles. The number of benzene rings is 2. The predicted octanol–water partition coefficient (Wildman–Crippen LogP) is 3.42. The quantitative estimate of drug-likeness (QED) is 0.509. The van der Waals surface area contributed by atoms with Crippen molar-refractivity contribution < 1.29 is 14.9 Å². The minimum atomic E-state index is -0.854. The average molecular weight is 477 g/mol. The molecule has 0 aliphatic carbocycles. The molecule has 0 amide bonds. The summed E-state index contributed by atoms with van der Waals surface area (Å²) in [6, 6.07) is 14.9. The molecule has 32 heavy (non-hydrogen) atoms. The van der Waals surface area contributed by atoms with Gasteiger partial charge >= 0.3 is 0 Å². The number of rotatable bonds is 6. The van der Waals surface area contributed by atoms with E-state index in [0.717, 1.165) is 56.2 Å². The van der Waals surface area contributed by atoms with Gasteiger partial charge in [-0.3, -0.25) is 9.89 Å². The lowest BCUT2D eigenvalue weighted by atomic mass is 10.0. The number of halogens is 1. The van der Waals surface area contributed by atoms with E-state index in [1.54, 1.807) is 32.0 Å². The first-order chi connectivity index (χ1) is 14.7. The summed E-state index contributed by atoms with van der Waals surface area (Å²) >= 11 is 1.59. The second-order valence-corrected chi connectivity index (χ2v) is 8.57. The van der Waals surface area contributed by atoms with E-state index in [-0.39, 0.29) is 17.9 Å². The number of piperazine rings is 1. The number of aromatic nitrogens is 1. The standard InChI is InChI=1S/C23H26N4O2S.ClH.H2O/c1-28-23(29-2)16-24-20-8-7-17(15-19(20)23)9-10-26-11-13-27(14-12-26)22-18-5-3-4-6-21(18)30-25-22;;/h3-8,15-16H,9-14H2,1-2H3;1H;1H2. The van der Waals surface area contributed by atoms with Crippen molar-refractivity contribution in [1.29, 1.82) is 0 Å². The van der Waals surface area contributed by atoms with Gasteiger partial charge in [0.05, 0.1) is 16.6 Å². The highest BCUT2D eigenvalue weighted by molar-refractivity contribution is 7.13. The number of methoxy groups -OCH3 is 2. The minimum absolute atomic E-state index is 0. The predicted molar refractivity (Wildman–Crippen MR) is 133 cm³/mol. The van der Waals surface area contributed by atoms with Crippen LogP contribution in [-0.4, -0.2) is 67.9 Å². The Kier molecular flexibility index (Phi) is 7.87. The fraction of sp³-hybridized carbons (Fsp3) is 0.391. The van der Waals surface area contributed by atoms with Gasteiger partial charge in [0, 0.05) is 57.9 Å². The van der Waals surface area contributed by atoms with Crippen LogP contribution >= 0.6 is 23.9 Å². The van der Waals surface area contributed by atoms with Gasteiger partial charge in [-0.25, -0.2) is 0 Å². The lowest BCUT2D eigenvalue weighted by Crippen LogP contribution is -2.47. The Hall–Kier alpha value is -2.07. The second-order valence-electron chi connectivity index (χ2n) is 7.77. The topological polar surface area (TPSA) is 81.7 Å². The van der Waals surface area contributed by atoms with Gasteiger partial charge in [-0.1, -0.05) is 18.2 Å². The maximum atomic E-state index is 5.61.